The summed E-state index contributed by atoms with van der Waals surface area (Å²) >= 11 is 0. The maximum atomic E-state index is 12.9. The van der Waals surface area contributed by atoms with Crippen LogP contribution in [0.25, 0.3) is 0 Å². The lowest BCUT2D eigenvalue weighted by Gasteiger charge is -2.39. The van der Waals surface area contributed by atoms with Gasteiger partial charge in [-0.3, -0.25) is 14.6 Å². The molecular formula is C28H31N3O5. The van der Waals surface area contributed by atoms with Gasteiger partial charge < -0.3 is 24.4 Å². The number of ether oxygens (including phenoxy) is 3. The van der Waals surface area contributed by atoms with E-state index < -0.39 is 0 Å². The second kappa shape index (κ2) is 11.6. The smallest absolute Gasteiger partial charge is 0.272 e. The third kappa shape index (κ3) is 5.94. The van der Waals surface area contributed by atoms with E-state index in [0.29, 0.717) is 36.9 Å². The summed E-state index contributed by atoms with van der Waals surface area (Å²) in [5.74, 6) is 1.57. The lowest BCUT2D eigenvalue weighted by molar-refractivity contribution is -0.122. The molecule has 1 aliphatic heterocycles. The number of carbonyl (C=O) groups excluding carboxylic acids is 2. The zero-order chi connectivity index (χ0) is 25.5. The molecule has 0 radical (unpaired) electrons. The van der Waals surface area contributed by atoms with Crippen molar-refractivity contribution in [3.8, 4) is 17.2 Å². The summed E-state index contributed by atoms with van der Waals surface area (Å²) in [6.07, 6.45) is 2.52. The van der Waals surface area contributed by atoms with Crippen molar-refractivity contribution in [1.29, 1.82) is 0 Å². The standard InChI is InChI=1S/C28H31N3O5/c1-4-19-5-7-20(8-6-19)17-36-25-10-9-21(13-26(25)34-3)22-15-31(16-22)28(33)24-14-23(11-12-30-24)35-18-27(32)29-2/h5-14,22H,4,15-18H2,1-3H3,(H,29,32). The predicted molar refractivity (Wildman–Crippen MR) is 136 cm³/mol. The van der Waals surface area contributed by atoms with Crippen LogP contribution in [0.3, 0.4) is 0 Å². The van der Waals surface area contributed by atoms with Gasteiger partial charge >= 0.3 is 0 Å². The Morgan fingerprint density at radius 2 is 1.75 bits per heavy atom. The zero-order valence-electron chi connectivity index (χ0n) is 20.8. The number of aryl methyl sites for hydroxylation is 1. The Labute approximate surface area is 211 Å². The number of aromatic nitrogens is 1. The molecule has 8 nitrogen and oxygen atoms in total. The normalized spacial score (nSPS) is 13.0. The fourth-order valence-electron chi connectivity index (χ4n) is 3.95. The van der Waals surface area contributed by atoms with Gasteiger partial charge in [0, 0.05) is 38.3 Å². The van der Waals surface area contributed by atoms with Crippen LogP contribution in [0, 0.1) is 0 Å². The number of carbonyl (C=O) groups is 2. The summed E-state index contributed by atoms with van der Waals surface area (Å²) in [6, 6.07) is 17.5. The zero-order valence-corrected chi connectivity index (χ0v) is 20.8. The van der Waals surface area contributed by atoms with Gasteiger partial charge in [0.05, 0.1) is 7.11 Å². The van der Waals surface area contributed by atoms with Crippen molar-refractivity contribution in [2.24, 2.45) is 0 Å². The number of methoxy groups -OCH3 is 1. The number of pyridine rings is 1. The van der Waals surface area contributed by atoms with Crippen molar-refractivity contribution in [2.45, 2.75) is 25.9 Å². The van der Waals surface area contributed by atoms with Gasteiger partial charge in [-0.2, -0.15) is 0 Å². The van der Waals surface area contributed by atoms with Gasteiger partial charge in [0.15, 0.2) is 18.1 Å². The van der Waals surface area contributed by atoms with Crippen LogP contribution in [0.2, 0.25) is 0 Å². The number of nitrogens with zero attached hydrogens (tertiary/aromatic N) is 2. The largest absolute Gasteiger partial charge is 0.493 e. The van der Waals surface area contributed by atoms with E-state index >= 15 is 0 Å². The Morgan fingerprint density at radius 1 is 1.00 bits per heavy atom. The highest BCUT2D eigenvalue weighted by molar-refractivity contribution is 5.93. The summed E-state index contributed by atoms with van der Waals surface area (Å²) in [6.45, 7) is 3.64. The number of likely N-dealkylation sites (N-methyl/N-ethyl adjacent to an activating group) is 1. The molecule has 1 fully saturated rings. The first-order chi connectivity index (χ1) is 17.5. The first kappa shape index (κ1) is 25.0. The highest BCUT2D eigenvalue weighted by atomic mass is 16.5. The van der Waals surface area contributed by atoms with E-state index in [2.05, 4.69) is 41.5 Å². The number of benzene rings is 2. The van der Waals surface area contributed by atoms with Gasteiger partial charge in [-0.1, -0.05) is 37.3 Å². The molecular weight excluding hydrogens is 458 g/mol. The highest BCUT2D eigenvalue weighted by Crippen LogP contribution is 2.35. The molecule has 8 heteroatoms. The molecule has 3 aromatic rings. The van der Waals surface area contributed by atoms with Crippen LogP contribution in [0.15, 0.2) is 60.8 Å². The van der Waals surface area contributed by atoms with Crippen LogP contribution in [-0.2, 0) is 17.8 Å². The second-order valence-corrected chi connectivity index (χ2v) is 8.61. The molecule has 0 spiro atoms. The molecule has 0 aliphatic carbocycles. The number of likely N-dealkylation sites (tertiary alicyclic amines) is 1. The average Bonchev–Trinajstić information content (AvgIpc) is 2.90. The summed E-state index contributed by atoms with van der Waals surface area (Å²) in [5, 5.41) is 2.49. The lowest BCUT2D eigenvalue weighted by atomic mass is 9.91. The molecule has 0 unspecified atom stereocenters. The molecule has 1 N–H and O–H groups in total. The maximum Gasteiger partial charge on any atom is 0.272 e. The molecule has 2 heterocycles. The Kier molecular flexibility index (Phi) is 8.05. The minimum atomic E-state index is -0.247. The van der Waals surface area contributed by atoms with Gasteiger partial charge in [0.25, 0.3) is 11.8 Å². The summed E-state index contributed by atoms with van der Waals surface area (Å²) in [4.78, 5) is 30.2. The van der Waals surface area contributed by atoms with E-state index in [1.165, 1.54) is 18.8 Å². The molecule has 36 heavy (non-hydrogen) atoms. The topological polar surface area (TPSA) is 90.0 Å². The summed E-state index contributed by atoms with van der Waals surface area (Å²) < 4.78 is 17.0. The first-order valence-corrected chi connectivity index (χ1v) is 12.0. The number of hydrogen-bond acceptors (Lipinski definition) is 6. The van der Waals surface area contributed by atoms with Gasteiger partial charge in [-0.25, -0.2) is 0 Å². The molecule has 0 saturated carbocycles. The molecule has 4 rings (SSSR count). The maximum absolute atomic E-state index is 12.9. The van der Waals surface area contributed by atoms with E-state index in [0.717, 1.165) is 17.5 Å². The molecule has 2 aromatic carbocycles. The number of amides is 2. The minimum absolute atomic E-state index is 0.118. The molecule has 2 amide bonds. The van der Waals surface area contributed by atoms with Crippen LogP contribution in [-0.4, -0.2) is 55.6 Å². The SMILES string of the molecule is CCc1ccc(COc2ccc(C3CN(C(=O)c4cc(OCC(=O)NC)ccn4)C3)cc2OC)cc1. The van der Waals surface area contributed by atoms with Crippen molar-refractivity contribution >= 4 is 11.8 Å². The molecule has 1 saturated heterocycles. The lowest BCUT2D eigenvalue weighted by Crippen LogP contribution is -2.48. The van der Waals surface area contributed by atoms with E-state index in [1.54, 1.807) is 24.1 Å². The van der Waals surface area contributed by atoms with E-state index in [-0.39, 0.29) is 30.0 Å². The monoisotopic (exact) mass is 489 g/mol. The van der Waals surface area contributed by atoms with Crippen molar-refractivity contribution in [3.63, 3.8) is 0 Å². The summed E-state index contributed by atoms with van der Waals surface area (Å²) in [5.41, 5.74) is 3.78. The third-order valence-electron chi connectivity index (χ3n) is 6.25. The van der Waals surface area contributed by atoms with Gasteiger partial charge in [0.1, 0.15) is 18.1 Å². The molecule has 1 aliphatic rings. The fourth-order valence-corrected chi connectivity index (χ4v) is 3.95. The molecule has 188 valence electrons. The predicted octanol–water partition coefficient (Wildman–Crippen LogP) is 3.60. The number of nitrogens with one attached hydrogen (secondary N) is 1. The number of hydrogen-bond donors (Lipinski definition) is 1. The van der Waals surface area contributed by atoms with Crippen molar-refractivity contribution in [1.82, 2.24) is 15.2 Å². The van der Waals surface area contributed by atoms with Crippen molar-refractivity contribution in [2.75, 3.05) is 33.9 Å². The number of rotatable bonds is 10. The summed E-state index contributed by atoms with van der Waals surface area (Å²) in [7, 11) is 3.17. The Hall–Kier alpha value is -4.07. The van der Waals surface area contributed by atoms with E-state index in [1.807, 2.05) is 18.2 Å². The van der Waals surface area contributed by atoms with Gasteiger partial charge in [0.2, 0.25) is 0 Å². The molecule has 0 bridgehead atoms. The third-order valence-corrected chi connectivity index (χ3v) is 6.25. The quantitative estimate of drug-likeness (QED) is 0.468. The van der Waals surface area contributed by atoms with E-state index in [4.69, 9.17) is 14.2 Å². The highest BCUT2D eigenvalue weighted by Gasteiger charge is 2.33. The average molecular weight is 490 g/mol. The van der Waals surface area contributed by atoms with Crippen molar-refractivity contribution < 1.29 is 23.8 Å². The molecule has 0 atom stereocenters. The Bertz CT molecular complexity index is 1210. The molecule has 1 aromatic heterocycles. The second-order valence-electron chi connectivity index (χ2n) is 8.61. The Balaban J connectivity index is 1.33. The minimum Gasteiger partial charge on any atom is -0.493 e. The van der Waals surface area contributed by atoms with Gasteiger partial charge in [-0.15, -0.1) is 0 Å². The van der Waals surface area contributed by atoms with Crippen LogP contribution >= 0.6 is 0 Å². The van der Waals surface area contributed by atoms with Crippen LogP contribution in [0.1, 0.15) is 40.0 Å². The van der Waals surface area contributed by atoms with Crippen LogP contribution < -0.4 is 19.5 Å². The first-order valence-electron chi connectivity index (χ1n) is 12.0. The van der Waals surface area contributed by atoms with Gasteiger partial charge in [-0.05, 0) is 41.3 Å². The Morgan fingerprint density at radius 3 is 2.44 bits per heavy atom. The van der Waals surface area contributed by atoms with Crippen LogP contribution in [0.4, 0.5) is 0 Å². The van der Waals surface area contributed by atoms with E-state index in [9.17, 15) is 9.59 Å². The van der Waals surface area contributed by atoms with Crippen molar-refractivity contribution in [3.05, 3.63) is 83.2 Å². The van der Waals surface area contributed by atoms with Crippen LogP contribution in [0.5, 0.6) is 17.2 Å². The fraction of sp³-hybridized carbons (Fsp3) is 0.321.